The highest BCUT2D eigenvalue weighted by Gasteiger charge is 2.10. The summed E-state index contributed by atoms with van der Waals surface area (Å²) in [5, 5.41) is 8.65. The molecule has 102 valence electrons. The lowest BCUT2D eigenvalue weighted by Crippen LogP contribution is -2.00. The van der Waals surface area contributed by atoms with E-state index in [-0.39, 0.29) is 5.82 Å². The summed E-state index contributed by atoms with van der Waals surface area (Å²) in [7, 11) is 0. The van der Waals surface area contributed by atoms with Crippen molar-refractivity contribution in [2.75, 3.05) is 0 Å². The van der Waals surface area contributed by atoms with Crippen LogP contribution in [-0.4, -0.2) is 19.9 Å². The Labute approximate surface area is 119 Å². The highest BCUT2D eigenvalue weighted by molar-refractivity contribution is 6.31. The van der Waals surface area contributed by atoms with Crippen molar-refractivity contribution < 1.29 is 8.91 Å². The molecule has 0 saturated carbocycles. The fourth-order valence-corrected chi connectivity index (χ4v) is 1.90. The van der Waals surface area contributed by atoms with Gasteiger partial charge in [-0.15, -0.1) is 0 Å². The minimum absolute atomic E-state index is 0.306. The van der Waals surface area contributed by atoms with Crippen molar-refractivity contribution in [3.05, 3.63) is 52.9 Å². The topological polar surface area (TPSA) is 56.7 Å². The third kappa shape index (κ3) is 2.55. The van der Waals surface area contributed by atoms with E-state index in [2.05, 4.69) is 15.2 Å². The smallest absolute Gasteiger partial charge is 0.248 e. The Morgan fingerprint density at radius 3 is 2.70 bits per heavy atom. The Kier molecular flexibility index (Phi) is 3.23. The van der Waals surface area contributed by atoms with Crippen LogP contribution in [0.15, 0.2) is 35.0 Å². The van der Waals surface area contributed by atoms with Gasteiger partial charge >= 0.3 is 0 Å². The van der Waals surface area contributed by atoms with Crippen LogP contribution in [-0.2, 0) is 6.54 Å². The number of aromatic nitrogens is 4. The standard InChI is InChI=1S/C13H10ClFN4O/c1-8-11(14)6-19(17-8)7-12-16-13(18-20-12)9-2-4-10(15)5-3-9/h2-6H,7H2,1H3. The minimum atomic E-state index is -0.306. The summed E-state index contributed by atoms with van der Waals surface area (Å²) in [5.74, 6) is 0.512. The highest BCUT2D eigenvalue weighted by Crippen LogP contribution is 2.17. The molecule has 20 heavy (non-hydrogen) atoms. The normalized spacial score (nSPS) is 10.9. The molecule has 0 unspecified atom stereocenters. The lowest BCUT2D eigenvalue weighted by molar-refractivity contribution is 0.366. The van der Waals surface area contributed by atoms with Crippen molar-refractivity contribution >= 4 is 11.6 Å². The summed E-state index contributed by atoms with van der Waals surface area (Å²) in [6, 6.07) is 5.89. The maximum atomic E-state index is 12.8. The number of hydrogen-bond acceptors (Lipinski definition) is 4. The maximum Gasteiger partial charge on any atom is 0.248 e. The van der Waals surface area contributed by atoms with Gasteiger partial charge in [0.15, 0.2) is 0 Å². The molecule has 0 saturated heterocycles. The van der Waals surface area contributed by atoms with Crippen LogP contribution in [0, 0.1) is 12.7 Å². The van der Waals surface area contributed by atoms with Crippen molar-refractivity contribution in [3.63, 3.8) is 0 Å². The minimum Gasteiger partial charge on any atom is -0.337 e. The Morgan fingerprint density at radius 2 is 2.05 bits per heavy atom. The zero-order valence-electron chi connectivity index (χ0n) is 10.5. The molecule has 3 aromatic rings. The third-order valence-corrected chi connectivity index (χ3v) is 3.13. The Bertz CT molecular complexity index is 716. The Morgan fingerprint density at radius 1 is 1.30 bits per heavy atom. The molecule has 1 aromatic carbocycles. The summed E-state index contributed by atoms with van der Waals surface area (Å²) in [4.78, 5) is 4.24. The van der Waals surface area contributed by atoms with Gasteiger partial charge in [-0.2, -0.15) is 10.1 Å². The van der Waals surface area contributed by atoms with Gasteiger partial charge < -0.3 is 4.52 Å². The van der Waals surface area contributed by atoms with Gasteiger partial charge in [-0.05, 0) is 31.2 Å². The lowest BCUT2D eigenvalue weighted by atomic mass is 10.2. The first-order valence-corrected chi connectivity index (χ1v) is 6.28. The maximum absolute atomic E-state index is 12.8. The monoisotopic (exact) mass is 292 g/mol. The molecular weight excluding hydrogens is 283 g/mol. The number of benzene rings is 1. The van der Waals surface area contributed by atoms with E-state index < -0.39 is 0 Å². The molecule has 5 nitrogen and oxygen atoms in total. The zero-order chi connectivity index (χ0) is 14.1. The number of rotatable bonds is 3. The van der Waals surface area contributed by atoms with E-state index in [9.17, 15) is 4.39 Å². The molecule has 0 radical (unpaired) electrons. The summed E-state index contributed by atoms with van der Waals surface area (Å²) in [6.45, 7) is 2.15. The van der Waals surface area contributed by atoms with Crippen LogP contribution in [0.2, 0.25) is 5.02 Å². The fourth-order valence-electron chi connectivity index (χ4n) is 1.75. The second-order valence-electron chi connectivity index (χ2n) is 4.28. The van der Waals surface area contributed by atoms with E-state index in [1.807, 2.05) is 6.92 Å². The molecule has 0 amide bonds. The van der Waals surface area contributed by atoms with Crippen molar-refractivity contribution in [2.45, 2.75) is 13.5 Å². The lowest BCUT2D eigenvalue weighted by Gasteiger charge is -1.94. The number of hydrogen-bond donors (Lipinski definition) is 0. The molecule has 0 aliphatic heterocycles. The molecule has 2 heterocycles. The van der Waals surface area contributed by atoms with Crippen LogP contribution >= 0.6 is 11.6 Å². The molecule has 3 rings (SSSR count). The first-order chi connectivity index (χ1) is 9.61. The third-order valence-electron chi connectivity index (χ3n) is 2.75. The average Bonchev–Trinajstić information content (AvgIpc) is 2.99. The number of nitrogens with zero attached hydrogens (tertiary/aromatic N) is 4. The van der Waals surface area contributed by atoms with E-state index >= 15 is 0 Å². The zero-order valence-corrected chi connectivity index (χ0v) is 11.3. The van der Waals surface area contributed by atoms with E-state index in [1.54, 1.807) is 23.0 Å². The van der Waals surface area contributed by atoms with Gasteiger partial charge in [-0.25, -0.2) is 4.39 Å². The number of halogens is 2. The first-order valence-electron chi connectivity index (χ1n) is 5.90. The van der Waals surface area contributed by atoms with Crippen LogP contribution in [0.25, 0.3) is 11.4 Å². The van der Waals surface area contributed by atoms with E-state index in [0.29, 0.717) is 28.8 Å². The van der Waals surface area contributed by atoms with Crippen molar-refractivity contribution in [1.82, 2.24) is 19.9 Å². The summed E-state index contributed by atoms with van der Waals surface area (Å²) < 4.78 is 19.6. The van der Waals surface area contributed by atoms with Crippen LogP contribution in [0.5, 0.6) is 0 Å². The van der Waals surface area contributed by atoms with Gasteiger partial charge in [0.25, 0.3) is 0 Å². The SMILES string of the molecule is Cc1nn(Cc2nc(-c3ccc(F)cc3)no2)cc1Cl. The quantitative estimate of drug-likeness (QED) is 0.744. The Hall–Kier alpha value is -2.21. The summed E-state index contributed by atoms with van der Waals surface area (Å²) in [6.07, 6.45) is 1.69. The molecule has 0 bridgehead atoms. The molecule has 0 aliphatic carbocycles. The largest absolute Gasteiger partial charge is 0.337 e. The summed E-state index contributed by atoms with van der Waals surface area (Å²) in [5.41, 5.74) is 1.43. The van der Waals surface area contributed by atoms with Crippen LogP contribution < -0.4 is 0 Å². The molecule has 0 aliphatic rings. The summed E-state index contributed by atoms with van der Waals surface area (Å²) >= 11 is 5.93. The van der Waals surface area contributed by atoms with Gasteiger partial charge in [0.1, 0.15) is 12.4 Å². The predicted octanol–water partition coefficient (Wildman–Crippen LogP) is 3.08. The molecule has 2 aromatic heterocycles. The highest BCUT2D eigenvalue weighted by atomic mass is 35.5. The number of aryl methyl sites for hydroxylation is 1. The van der Waals surface area contributed by atoms with Gasteiger partial charge in [-0.3, -0.25) is 4.68 Å². The predicted molar refractivity (Wildman–Crippen MR) is 70.8 cm³/mol. The van der Waals surface area contributed by atoms with Crippen LogP contribution in [0.3, 0.4) is 0 Å². The second-order valence-corrected chi connectivity index (χ2v) is 4.69. The fraction of sp³-hybridized carbons (Fsp3) is 0.154. The van der Waals surface area contributed by atoms with E-state index in [0.717, 1.165) is 5.69 Å². The first kappa shape index (κ1) is 12.8. The molecule has 0 N–H and O–H groups in total. The molecule has 7 heteroatoms. The van der Waals surface area contributed by atoms with Crippen LogP contribution in [0.1, 0.15) is 11.6 Å². The van der Waals surface area contributed by atoms with E-state index in [1.165, 1.54) is 12.1 Å². The molecule has 0 atom stereocenters. The van der Waals surface area contributed by atoms with Gasteiger partial charge in [0.2, 0.25) is 11.7 Å². The molecule has 0 spiro atoms. The van der Waals surface area contributed by atoms with Crippen molar-refractivity contribution in [1.29, 1.82) is 0 Å². The van der Waals surface area contributed by atoms with Gasteiger partial charge in [0, 0.05) is 11.8 Å². The Balaban J connectivity index is 1.81. The van der Waals surface area contributed by atoms with Gasteiger partial charge in [-0.1, -0.05) is 16.8 Å². The molecular formula is C13H10ClFN4O. The van der Waals surface area contributed by atoms with Crippen LogP contribution in [0.4, 0.5) is 4.39 Å². The van der Waals surface area contributed by atoms with Crippen molar-refractivity contribution in [3.8, 4) is 11.4 Å². The average molecular weight is 293 g/mol. The van der Waals surface area contributed by atoms with Crippen molar-refractivity contribution in [2.24, 2.45) is 0 Å². The van der Waals surface area contributed by atoms with Gasteiger partial charge in [0.05, 0.1) is 10.7 Å². The van der Waals surface area contributed by atoms with E-state index in [4.69, 9.17) is 16.1 Å². The molecule has 0 fully saturated rings. The second kappa shape index (κ2) is 5.05.